The molecule has 2 bridgehead atoms. The van der Waals surface area contributed by atoms with Gasteiger partial charge in [-0.25, -0.2) is 0 Å². The molecule has 1 N–H and O–H groups in total. The molecule has 0 aromatic heterocycles. The molecule has 29 heavy (non-hydrogen) atoms. The van der Waals surface area contributed by atoms with E-state index in [4.69, 9.17) is 18.6 Å². The minimum absolute atomic E-state index is 0.0888. The fraction of sp³-hybridized carbons (Fsp3) is 1.00. The number of epoxide rings is 1. The van der Waals surface area contributed by atoms with Crippen LogP contribution in [0.1, 0.15) is 66.2 Å². The number of rotatable bonds is 5. The van der Waals surface area contributed by atoms with Crippen molar-refractivity contribution in [1.29, 1.82) is 0 Å². The highest BCUT2D eigenvalue weighted by Gasteiger charge is 2.77. The molecule has 5 nitrogen and oxygen atoms in total. The normalized spacial score (nSPS) is 47.2. The standard InChI is InChI=1S/C23H42O5Si/c1-15-13-22-11-9-8-10-16(19(22)28-29(6,7)21(2,3)4)12-17-20(27-17)23(22,24)18(15)26-14-25-5/h15-20,24H,8-14H2,1-7H3/t15-,16?,17-,18+,19?,20-,22?,23-/m1/s1. The van der Waals surface area contributed by atoms with E-state index in [0.29, 0.717) is 5.92 Å². The molecule has 4 fully saturated rings. The predicted octanol–water partition coefficient (Wildman–Crippen LogP) is 4.48. The van der Waals surface area contributed by atoms with E-state index in [0.717, 1.165) is 25.7 Å². The second-order valence-corrected chi connectivity index (χ2v) is 16.5. The summed E-state index contributed by atoms with van der Waals surface area (Å²) in [6, 6.07) is 0. The van der Waals surface area contributed by atoms with Gasteiger partial charge < -0.3 is 23.7 Å². The molecule has 4 rings (SSSR count). The van der Waals surface area contributed by atoms with E-state index in [1.165, 1.54) is 12.8 Å². The van der Waals surface area contributed by atoms with Crippen LogP contribution in [-0.2, 0) is 18.6 Å². The molecule has 0 aromatic rings. The Balaban J connectivity index is 1.79. The topological polar surface area (TPSA) is 60.5 Å². The fourth-order valence-electron chi connectivity index (χ4n) is 6.63. The van der Waals surface area contributed by atoms with E-state index in [9.17, 15) is 5.11 Å². The maximum absolute atomic E-state index is 12.5. The van der Waals surface area contributed by atoms with Crippen LogP contribution >= 0.6 is 0 Å². The van der Waals surface area contributed by atoms with Gasteiger partial charge in [-0.1, -0.05) is 40.5 Å². The summed E-state index contributed by atoms with van der Waals surface area (Å²) in [4.78, 5) is 0. The number of methoxy groups -OCH3 is 1. The molecule has 0 radical (unpaired) electrons. The van der Waals surface area contributed by atoms with Crippen molar-refractivity contribution in [2.45, 2.75) is 114 Å². The number of ether oxygens (including phenoxy) is 3. The van der Waals surface area contributed by atoms with Gasteiger partial charge in [-0.15, -0.1) is 0 Å². The van der Waals surface area contributed by atoms with E-state index in [1.54, 1.807) is 7.11 Å². The minimum atomic E-state index is -2.00. The lowest BCUT2D eigenvalue weighted by molar-refractivity contribution is -0.212. The van der Waals surface area contributed by atoms with E-state index >= 15 is 0 Å². The van der Waals surface area contributed by atoms with E-state index in [2.05, 4.69) is 40.8 Å². The third kappa shape index (κ3) is 3.28. The van der Waals surface area contributed by atoms with Crippen LogP contribution in [0, 0.1) is 17.3 Å². The summed E-state index contributed by atoms with van der Waals surface area (Å²) in [7, 11) is -0.348. The zero-order valence-corrected chi connectivity index (χ0v) is 20.5. The highest BCUT2D eigenvalue weighted by Crippen LogP contribution is 2.67. The summed E-state index contributed by atoms with van der Waals surface area (Å²) >= 11 is 0. The first-order chi connectivity index (χ1) is 13.5. The lowest BCUT2D eigenvalue weighted by atomic mass is 9.65. The second kappa shape index (κ2) is 7.28. The molecular formula is C23H42O5Si. The Kier molecular flexibility index (Phi) is 5.57. The van der Waals surface area contributed by atoms with Crippen LogP contribution in [0.3, 0.4) is 0 Å². The summed E-state index contributed by atoms with van der Waals surface area (Å²) in [5, 5.41) is 12.6. The molecule has 8 atom stereocenters. The quantitative estimate of drug-likeness (QED) is 0.399. The number of hydrogen-bond donors (Lipinski definition) is 1. The van der Waals surface area contributed by atoms with E-state index in [-0.39, 0.29) is 47.6 Å². The van der Waals surface area contributed by atoms with Crippen molar-refractivity contribution in [3.05, 3.63) is 0 Å². The van der Waals surface area contributed by atoms with Gasteiger partial charge in [0.25, 0.3) is 0 Å². The van der Waals surface area contributed by atoms with Crippen molar-refractivity contribution in [3.63, 3.8) is 0 Å². The second-order valence-electron chi connectivity index (χ2n) is 11.8. The summed E-state index contributed by atoms with van der Waals surface area (Å²) < 4.78 is 24.8. The van der Waals surface area contributed by atoms with Gasteiger partial charge in [-0.3, -0.25) is 0 Å². The molecule has 1 spiro atoms. The Hall–Kier alpha value is 0.0169. The fourth-order valence-corrected chi connectivity index (χ4v) is 8.04. The molecule has 4 aliphatic rings. The monoisotopic (exact) mass is 426 g/mol. The van der Waals surface area contributed by atoms with Crippen molar-refractivity contribution < 1.29 is 23.7 Å². The average molecular weight is 427 g/mol. The summed E-state index contributed by atoms with van der Waals surface area (Å²) in [5.74, 6) is 0.714. The summed E-state index contributed by atoms with van der Waals surface area (Å²) in [6.07, 6.45) is 6.36. The van der Waals surface area contributed by atoms with Crippen molar-refractivity contribution in [2.75, 3.05) is 13.9 Å². The third-order valence-corrected chi connectivity index (χ3v) is 13.5. The maximum Gasteiger partial charge on any atom is 0.192 e. The molecule has 3 aliphatic carbocycles. The van der Waals surface area contributed by atoms with Crippen LogP contribution in [0.15, 0.2) is 0 Å². The summed E-state index contributed by atoms with van der Waals surface area (Å²) in [5.41, 5.74) is -1.29. The van der Waals surface area contributed by atoms with Crippen LogP contribution < -0.4 is 0 Å². The van der Waals surface area contributed by atoms with E-state index in [1.807, 2.05) is 0 Å². The molecule has 1 aliphatic heterocycles. The number of hydrogen-bond acceptors (Lipinski definition) is 5. The minimum Gasteiger partial charge on any atom is -0.413 e. The van der Waals surface area contributed by atoms with Gasteiger partial charge in [0.05, 0.1) is 18.3 Å². The van der Waals surface area contributed by atoms with Crippen LogP contribution in [0.5, 0.6) is 0 Å². The molecule has 0 aromatic carbocycles. The zero-order chi connectivity index (χ0) is 21.2. The van der Waals surface area contributed by atoms with Crippen LogP contribution in [-0.4, -0.2) is 57.3 Å². The average Bonchev–Trinajstić information content (AvgIpc) is 3.38. The van der Waals surface area contributed by atoms with Crippen molar-refractivity contribution in [2.24, 2.45) is 17.3 Å². The van der Waals surface area contributed by atoms with Crippen LogP contribution in [0.25, 0.3) is 0 Å². The van der Waals surface area contributed by atoms with Crippen LogP contribution in [0.2, 0.25) is 18.1 Å². The lowest BCUT2D eigenvalue weighted by Gasteiger charge is -2.52. The zero-order valence-electron chi connectivity index (χ0n) is 19.5. The molecule has 0 amide bonds. The van der Waals surface area contributed by atoms with Gasteiger partial charge in [0.2, 0.25) is 0 Å². The highest BCUT2D eigenvalue weighted by molar-refractivity contribution is 6.74. The van der Waals surface area contributed by atoms with E-state index < -0.39 is 13.9 Å². The van der Waals surface area contributed by atoms with Gasteiger partial charge in [0.1, 0.15) is 18.5 Å². The van der Waals surface area contributed by atoms with Gasteiger partial charge >= 0.3 is 0 Å². The SMILES string of the molecule is COCO[C@H]1[C@H](C)CC23CCCCC(C[C@H]4O[C@H]4[C@]12O)C3O[Si](C)(C)C(C)(C)C. The largest absolute Gasteiger partial charge is 0.413 e. The molecular weight excluding hydrogens is 384 g/mol. The number of fused-ring (bicyclic) bond motifs is 3. The lowest BCUT2D eigenvalue weighted by Crippen LogP contribution is -2.63. The Morgan fingerprint density at radius 2 is 1.90 bits per heavy atom. The molecule has 168 valence electrons. The first-order valence-electron chi connectivity index (χ1n) is 11.6. The van der Waals surface area contributed by atoms with Crippen LogP contribution in [0.4, 0.5) is 0 Å². The Morgan fingerprint density at radius 3 is 2.55 bits per heavy atom. The summed E-state index contributed by atoms with van der Waals surface area (Å²) in [6.45, 7) is 14.1. The predicted molar refractivity (Wildman–Crippen MR) is 115 cm³/mol. The Labute approximate surface area is 177 Å². The molecule has 3 unspecified atom stereocenters. The molecule has 1 heterocycles. The number of aliphatic hydroxyl groups is 1. The Morgan fingerprint density at radius 1 is 1.17 bits per heavy atom. The Bertz CT molecular complexity index is 619. The van der Waals surface area contributed by atoms with Crippen molar-refractivity contribution >= 4 is 8.32 Å². The van der Waals surface area contributed by atoms with Crippen molar-refractivity contribution in [3.8, 4) is 0 Å². The first kappa shape index (κ1) is 22.2. The van der Waals surface area contributed by atoms with Gasteiger partial charge in [-0.05, 0) is 55.7 Å². The van der Waals surface area contributed by atoms with Gasteiger partial charge in [0, 0.05) is 12.5 Å². The smallest absolute Gasteiger partial charge is 0.192 e. The van der Waals surface area contributed by atoms with Crippen molar-refractivity contribution in [1.82, 2.24) is 0 Å². The first-order valence-corrected chi connectivity index (χ1v) is 14.5. The maximum atomic E-state index is 12.5. The highest BCUT2D eigenvalue weighted by atomic mass is 28.4. The molecule has 6 heteroatoms. The molecule has 3 saturated carbocycles. The van der Waals surface area contributed by atoms with Gasteiger partial charge in [-0.2, -0.15) is 0 Å². The van der Waals surface area contributed by atoms with Gasteiger partial charge in [0.15, 0.2) is 8.32 Å². The molecule has 1 saturated heterocycles. The third-order valence-electron chi connectivity index (χ3n) is 9.00.